The number of nitrogens with two attached hydrogens (primary N) is 1. The molecule has 0 aliphatic rings. The van der Waals surface area contributed by atoms with Gasteiger partial charge in [-0.25, -0.2) is 23.5 Å². The summed E-state index contributed by atoms with van der Waals surface area (Å²) in [4.78, 5) is 20.7. The molecular formula is C26H28F2N6O3. The molecule has 0 atom stereocenters. The zero-order valence-electron chi connectivity index (χ0n) is 21.0. The Balaban J connectivity index is 1.62. The highest BCUT2D eigenvalue weighted by Gasteiger charge is 2.20. The second-order valence-electron chi connectivity index (χ2n) is 9.28. The first kappa shape index (κ1) is 25.8. The monoisotopic (exact) mass is 510 g/mol. The molecule has 0 unspecified atom stereocenters. The second-order valence-corrected chi connectivity index (χ2v) is 9.28. The Bertz CT molecular complexity index is 1430. The smallest absolute Gasteiger partial charge is 0.407 e. The molecule has 3 N–H and O–H groups in total. The first-order chi connectivity index (χ1) is 17.6. The van der Waals surface area contributed by atoms with Gasteiger partial charge in [0.2, 0.25) is 0 Å². The largest absolute Gasteiger partial charge is 0.494 e. The number of amides is 1. The summed E-state index contributed by atoms with van der Waals surface area (Å²) < 4.78 is 41.4. The molecule has 194 valence electrons. The number of para-hydroxylation sites is 1. The predicted octanol–water partition coefficient (Wildman–Crippen LogP) is 4.83. The molecule has 9 nitrogen and oxygen atoms in total. The number of alkyl carbamates (subject to hydrolysis) is 1. The molecule has 2 aromatic heterocycles. The van der Waals surface area contributed by atoms with E-state index in [0.29, 0.717) is 28.8 Å². The number of carbonyl (C=O) groups excluding carboxylic acids is 1. The van der Waals surface area contributed by atoms with Crippen LogP contribution in [0.25, 0.3) is 22.4 Å². The van der Waals surface area contributed by atoms with Gasteiger partial charge in [-0.2, -0.15) is 5.10 Å². The second kappa shape index (κ2) is 10.4. The van der Waals surface area contributed by atoms with Gasteiger partial charge >= 0.3 is 6.09 Å². The van der Waals surface area contributed by atoms with Crippen molar-refractivity contribution >= 4 is 22.8 Å². The van der Waals surface area contributed by atoms with Gasteiger partial charge in [0.15, 0.2) is 5.82 Å². The van der Waals surface area contributed by atoms with Crippen LogP contribution in [0.4, 0.5) is 19.4 Å². The molecule has 0 radical (unpaired) electrons. The van der Waals surface area contributed by atoms with E-state index in [0.717, 1.165) is 12.1 Å². The van der Waals surface area contributed by atoms with Crippen molar-refractivity contribution in [3.8, 4) is 17.3 Å². The van der Waals surface area contributed by atoms with Gasteiger partial charge in [0.05, 0.1) is 25.2 Å². The van der Waals surface area contributed by atoms with Gasteiger partial charge in [0, 0.05) is 34.8 Å². The summed E-state index contributed by atoms with van der Waals surface area (Å²) in [7, 11) is 0. The van der Waals surface area contributed by atoms with Gasteiger partial charge in [0.1, 0.15) is 34.5 Å². The SMILES string of the molecule is CCOc1cc(F)c(Cn2nc(-c3ncc(CNC(=O)OC(C)(C)C)c(N)n3)c3ccccc32)c(F)c1. The first-order valence-electron chi connectivity index (χ1n) is 11.7. The molecule has 0 aliphatic heterocycles. The number of benzene rings is 2. The number of hydrogen-bond donors (Lipinski definition) is 2. The van der Waals surface area contributed by atoms with Crippen LogP contribution in [0, 0.1) is 11.6 Å². The van der Waals surface area contributed by atoms with Crippen LogP contribution in [-0.4, -0.2) is 38.0 Å². The third-order valence-electron chi connectivity index (χ3n) is 5.32. The maximum Gasteiger partial charge on any atom is 0.407 e. The molecule has 4 rings (SSSR count). The number of nitrogens with zero attached hydrogens (tertiary/aromatic N) is 4. The molecule has 2 heterocycles. The summed E-state index contributed by atoms with van der Waals surface area (Å²) in [5, 5.41) is 7.87. The van der Waals surface area contributed by atoms with Crippen LogP contribution in [0.1, 0.15) is 38.8 Å². The van der Waals surface area contributed by atoms with Crippen LogP contribution in [0.2, 0.25) is 0 Å². The maximum atomic E-state index is 14.7. The fourth-order valence-corrected chi connectivity index (χ4v) is 3.70. The number of halogens is 2. The Kier molecular flexibility index (Phi) is 7.23. The lowest BCUT2D eigenvalue weighted by molar-refractivity contribution is 0.0523. The summed E-state index contributed by atoms with van der Waals surface area (Å²) in [6, 6.07) is 9.54. The van der Waals surface area contributed by atoms with Gasteiger partial charge in [-0.05, 0) is 33.8 Å². The topological polar surface area (TPSA) is 117 Å². The molecule has 11 heteroatoms. The van der Waals surface area contributed by atoms with E-state index in [1.807, 2.05) is 12.1 Å². The van der Waals surface area contributed by atoms with Crippen molar-refractivity contribution in [1.82, 2.24) is 25.1 Å². The predicted molar refractivity (Wildman–Crippen MR) is 135 cm³/mol. The van der Waals surface area contributed by atoms with Crippen molar-refractivity contribution in [3.63, 3.8) is 0 Å². The van der Waals surface area contributed by atoms with Gasteiger partial charge in [-0.1, -0.05) is 18.2 Å². The highest BCUT2D eigenvalue weighted by Crippen LogP contribution is 2.29. The number of fused-ring (bicyclic) bond motifs is 1. The number of nitrogens with one attached hydrogen (secondary N) is 1. The molecule has 0 fully saturated rings. The number of ether oxygens (including phenoxy) is 2. The Hall–Kier alpha value is -4.28. The zero-order chi connectivity index (χ0) is 26.7. The Morgan fingerprint density at radius 2 is 1.86 bits per heavy atom. The third-order valence-corrected chi connectivity index (χ3v) is 5.32. The van der Waals surface area contributed by atoms with Crippen LogP contribution in [-0.2, 0) is 17.8 Å². The molecule has 0 bridgehead atoms. The Morgan fingerprint density at radius 1 is 1.16 bits per heavy atom. The van der Waals surface area contributed by atoms with E-state index in [2.05, 4.69) is 20.4 Å². The van der Waals surface area contributed by atoms with E-state index in [1.165, 1.54) is 10.9 Å². The molecule has 0 saturated heterocycles. The van der Waals surface area contributed by atoms with E-state index in [9.17, 15) is 13.6 Å². The van der Waals surface area contributed by atoms with Crippen molar-refractivity contribution < 1.29 is 23.0 Å². The fourth-order valence-electron chi connectivity index (χ4n) is 3.70. The zero-order valence-corrected chi connectivity index (χ0v) is 21.0. The van der Waals surface area contributed by atoms with Crippen LogP contribution in [0.5, 0.6) is 5.75 Å². The minimum atomic E-state index is -0.730. The minimum Gasteiger partial charge on any atom is -0.494 e. The number of rotatable bonds is 7. The number of aromatic nitrogens is 4. The number of carbonyl (C=O) groups is 1. The lowest BCUT2D eigenvalue weighted by Gasteiger charge is -2.19. The molecule has 37 heavy (non-hydrogen) atoms. The van der Waals surface area contributed by atoms with Crippen molar-refractivity contribution in [2.24, 2.45) is 0 Å². The standard InChI is InChI=1S/C26H28F2N6O3/c1-5-36-16-10-19(27)18(20(28)11-16)14-34-21-9-7-6-8-17(21)22(33-34)24-30-12-15(23(29)32-24)13-31-25(35)37-26(2,3)4/h6-12H,5,13-14H2,1-4H3,(H,31,35)(H2,29,30,32). The van der Waals surface area contributed by atoms with Gasteiger partial charge in [-0.3, -0.25) is 4.68 Å². The third kappa shape index (κ3) is 5.93. The molecule has 1 amide bonds. The normalized spacial score (nSPS) is 11.5. The summed E-state index contributed by atoms with van der Waals surface area (Å²) in [5.41, 5.74) is 6.90. The molecule has 2 aromatic carbocycles. The van der Waals surface area contributed by atoms with E-state index in [-0.39, 0.29) is 36.0 Å². The number of anilines is 1. The van der Waals surface area contributed by atoms with Crippen LogP contribution < -0.4 is 15.8 Å². The molecule has 4 aromatic rings. The fraction of sp³-hybridized carbons (Fsp3) is 0.308. The van der Waals surface area contributed by atoms with Gasteiger partial charge in [-0.15, -0.1) is 0 Å². The number of hydrogen-bond acceptors (Lipinski definition) is 7. The van der Waals surface area contributed by atoms with E-state index < -0.39 is 23.3 Å². The molecular weight excluding hydrogens is 482 g/mol. The first-order valence-corrected chi connectivity index (χ1v) is 11.7. The minimum absolute atomic E-state index is 0.0759. The van der Waals surface area contributed by atoms with Crippen molar-refractivity contribution in [3.05, 3.63) is 65.4 Å². The van der Waals surface area contributed by atoms with E-state index in [4.69, 9.17) is 15.2 Å². The molecule has 0 saturated carbocycles. The van der Waals surface area contributed by atoms with E-state index >= 15 is 0 Å². The lowest BCUT2D eigenvalue weighted by atomic mass is 10.1. The van der Waals surface area contributed by atoms with Crippen molar-refractivity contribution in [2.75, 3.05) is 12.3 Å². The summed E-state index contributed by atoms with van der Waals surface area (Å²) in [6.07, 6.45) is 0.906. The summed E-state index contributed by atoms with van der Waals surface area (Å²) in [6.45, 7) is 7.25. The quantitative estimate of drug-likeness (QED) is 0.366. The summed E-state index contributed by atoms with van der Waals surface area (Å²) in [5.74, 6) is -0.944. The highest BCUT2D eigenvalue weighted by molar-refractivity contribution is 5.91. The van der Waals surface area contributed by atoms with E-state index in [1.54, 1.807) is 39.8 Å². The maximum absolute atomic E-state index is 14.7. The molecule has 0 spiro atoms. The van der Waals surface area contributed by atoms with Gasteiger partial charge < -0.3 is 20.5 Å². The Labute approximate surface area is 212 Å². The molecule has 0 aliphatic carbocycles. The average Bonchev–Trinajstić information content (AvgIpc) is 3.18. The Morgan fingerprint density at radius 3 is 2.51 bits per heavy atom. The van der Waals surface area contributed by atoms with Gasteiger partial charge in [0.25, 0.3) is 0 Å². The van der Waals surface area contributed by atoms with Crippen LogP contribution in [0.3, 0.4) is 0 Å². The van der Waals surface area contributed by atoms with Crippen LogP contribution >= 0.6 is 0 Å². The number of nitrogen functional groups attached to an aromatic ring is 1. The van der Waals surface area contributed by atoms with Crippen molar-refractivity contribution in [1.29, 1.82) is 0 Å². The average molecular weight is 511 g/mol. The summed E-state index contributed by atoms with van der Waals surface area (Å²) >= 11 is 0. The van der Waals surface area contributed by atoms with Crippen LogP contribution in [0.15, 0.2) is 42.6 Å². The highest BCUT2D eigenvalue weighted by atomic mass is 19.1. The van der Waals surface area contributed by atoms with Crippen molar-refractivity contribution in [2.45, 2.75) is 46.4 Å². The lowest BCUT2D eigenvalue weighted by Crippen LogP contribution is -2.32.